The van der Waals surface area contributed by atoms with Crippen LogP contribution in [-0.2, 0) is 51.1 Å². The lowest BCUT2D eigenvalue weighted by atomic mass is 9.52. The van der Waals surface area contributed by atoms with Crippen LogP contribution in [0.25, 0.3) is 6.08 Å². The third-order valence-electron chi connectivity index (χ3n) is 16.9. The standard InChI is InChI=1S/C54H75N3O9/c1-7-9-16-25-53(26-17-10-8-2)64-44-42-33-54(50(61)56(6)41(48(59)55-28-29-58)30-35-18-12-11-13-19-35)46(49(60)62-42)57(66-47(54)45(44)65-53)34-38-21-15-14-20-36(38)31-37-22-23-43-52(5,63-43)27-24-40-39(37)32-51(40,3)4/h11-15,18-21,31,39-47,58H,7-10,16-17,22-30,32-34H2,1-6H3,(H,55,59). The van der Waals surface area contributed by atoms with Crippen molar-refractivity contribution in [1.29, 1.82) is 0 Å². The van der Waals surface area contributed by atoms with Crippen LogP contribution in [0.3, 0.4) is 0 Å². The molecule has 360 valence electrons. The van der Waals surface area contributed by atoms with Crippen molar-refractivity contribution in [2.24, 2.45) is 22.7 Å². The first-order valence-corrected chi connectivity index (χ1v) is 25.4. The first-order valence-electron chi connectivity index (χ1n) is 25.4. The van der Waals surface area contributed by atoms with Gasteiger partial charge in [0.1, 0.15) is 35.9 Å². The number of aliphatic hydroxyl groups excluding tert-OH is 1. The number of carbonyl (C=O) groups excluding carboxylic acids is 3. The zero-order chi connectivity index (χ0) is 46.4. The number of ether oxygens (including phenoxy) is 4. The maximum atomic E-state index is 15.9. The second-order valence-electron chi connectivity index (χ2n) is 21.7. The van der Waals surface area contributed by atoms with Crippen LogP contribution in [0.1, 0.15) is 141 Å². The van der Waals surface area contributed by atoms with Gasteiger partial charge in [-0.15, -0.1) is 0 Å². The van der Waals surface area contributed by atoms with Gasteiger partial charge >= 0.3 is 5.97 Å². The largest absolute Gasteiger partial charge is 0.458 e. The Hall–Kier alpha value is -3.65. The molecule has 3 aliphatic carbocycles. The molecule has 11 unspecified atom stereocenters. The fourth-order valence-electron chi connectivity index (χ4n) is 13.1. The van der Waals surface area contributed by atoms with Crippen LogP contribution in [0.5, 0.6) is 0 Å². The van der Waals surface area contributed by atoms with Crippen LogP contribution < -0.4 is 5.32 Å². The quantitative estimate of drug-likeness (QED) is 0.0858. The second kappa shape index (κ2) is 19.0. The van der Waals surface area contributed by atoms with Crippen molar-refractivity contribution < 1.29 is 43.3 Å². The molecule has 11 atom stereocenters. The highest BCUT2D eigenvalue weighted by atomic mass is 16.8. The van der Waals surface area contributed by atoms with Crippen molar-refractivity contribution in [3.05, 3.63) is 76.9 Å². The van der Waals surface area contributed by atoms with Crippen molar-refractivity contribution in [2.45, 2.75) is 191 Å². The average molecular weight is 910 g/mol. The molecule has 4 saturated heterocycles. The van der Waals surface area contributed by atoms with Gasteiger partial charge in [-0.2, -0.15) is 5.06 Å². The van der Waals surface area contributed by atoms with Crippen LogP contribution in [0, 0.1) is 22.7 Å². The molecule has 12 nitrogen and oxygen atoms in total. The van der Waals surface area contributed by atoms with Gasteiger partial charge in [0.25, 0.3) is 0 Å². The predicted molar refractivity (Wildman–Crippen MR) is 250 cm³/mol. The molecule has 4 heterocycles. The molecule has 2 aromatic carbocycles. The van der Waals surface area contributed by atoms with E-state index in [4.69, 9.17) is 23.8 Å². The number of fused-ring (bicyclic) bond motifs is 6. The number of benzene rings is 2. The Morgan fingerprint density at radius 3 is 2.35 bits per heavy atom. The summed E-state index contributed by atoms with van der Waals surface area (Å²) in [7, 11) is 1.66. The van der Waals surface area contributed by atoms with E-state index in [9.17, 15) is 14.7 Å². The minimum Gasteiger partial charge on any atom is -0.458 e. The number of hydrogen-bond acceptors (Lipinski definition) is 10. The van der Waals surface area contributed by atoms with E-state index in [1.54, 1.807) is 12.1 Å². The Morgan fingerprint density at radius 1 is 0.924 bits per heavy atom. The molecule has 0 radical (unpaired) electrons. The summed E-state index contributed by atoms with van der Waals surface area (Å²) < 4.78 is 27.0. The van der Waals surface area contributed by atoms with E-state index in [1.165, 1.54) is 10.5 Å². The third kappa shape index (κ3) is 8.81. The molecule has 2 aromatic rings. The second-order valence-corrected chi connectivity index (χ2v) is 21.7. The lowest BCUT2D eigenvalue weighted by Crippen LogP contribution is -2.70. The average Bonchev–Trinajstić information content (AvgIpc) is 3.58. The van der Waals surface area contributed by atoms with E-state index < -0.39 is 53.7 Å². The smallest absolute Gasteiger partial charge is 0.327 e. The van der Waals surface area contributed by atoms with Gasteiger partial charge in [0, 0.05) is 39.3 Å². The number of amides is 2. The number of esters is 1. The number of nitrogens with zero attached hydrogens (tertiary/aromatic N) is 2. The highest BCUT2D eigenvalue weighted by Gasteiger charge is 2.77. The van der Waals surface area contributed by atoms with Crippen molar-refractivity contribution >= 4 is 23.9 Å². The Kier molecular flexibility index (Phi) is 13.7. The summed E-state index contributed by atoms with van der Waals surface area (Å²) in [6, 6.07) is 15.9. The Bertz CT molecular complexity index is 2100. The molecule has 3 saturated carbocycles. The normalized spacial score (nSPS) is 34.7. The molecule has 9 rings (SSSR count). The van der Waals surface area contributed by atoms with E-state index in [1.807, 2.05) is 36.4 Å². The van der Waals surface area contributed by atoms with E-state index >= 15 is 4.79 Å². The van der Waals surface area contributed by atoms with Gasteiger partial charge < -0.3 is 34.3 Å². The molecule has 7 aliphatic rings. The number of unbranched alkanes of at least 4 members (excludes halogenated alkanes) is 4. The summed E-state index contributed by atoms with van der Waals surface area (Å²) in [5.41, 5.74) is 3.19. The van der Waals surface area contributed by atoms with E-state index in [2.05, 4.69) is 64.2 Å². The van der Waals surface area contributed by atoms with Gasteiger partial charge in [-0.25, -0.2) is 0 Å². The minimum atomic E-state index is -1.46. The van der Waals surface area contributed by atoms with Gasteiger partial charge in [0.2, 0.25) is 11.8 Å². The number of allylic oxidation sites excluding steroid dienone is 1. The Morgan fingerprint density at radius 2 is 1.64 bits per heavy atom. The molecule has 12 heteroatoms. The molecule has 2 amide bonds. The summed E-state index contributed by atoms with van der Waals surface area (Å²) in [4.78, 5) is 53.5. The van der Waals surface area contributed by atoms with Crippen molar-refractivity contribution in [3.8, 4) is 0 Å². The summed E-state index contributed by atoms with van der Waals surface area (Å²) in [6.45, 7) is 11.5. The highest BCUT2D eigenvalue weighted by Crippen LogP contribution is 2.61. The molecule has 7 fully saturated rings. The van der Waals surface area contributed by atoms with Crippen LogP contribution in [-0.4, -0.2) is 107 Å². The minimum absolute atomic E-state index is 0.00886. The number of hydrogen-bond donors (Lipinski definition) is 2. The van der Waals surface area contributed by atoms with Crippen molar-refractivity contribution in [3.63, 3.8) is 0 Å². The fourth-order valence-corrected chi connectivity index (χ4v) is 13.1. The first-order chi connectivity index (χ1) is 31.8. The maximum Gasteiger partial charge on any atom is 0.327 e. The number of aliphatic hydroxyl groups is 1. The van der Waals surface area contributed by atoms with Gasteiger partial charge in [-0.05, 0) is 85.8 Å². The van der Waals surface area contributed by atoms with Crippen molar-refractivity contribution in [2.75, 3.05) is 20.2 Å². The Labute approximate surface area is 392 Å². The van der Waals surface area contributed by atoms with E-state index in [-0.39, 0.29) is 55.4 Å². The van der Waals surface area contributed by atoms with E-state index in [0.717, 1.165) is 87.3 Å². The van der Waals surface area contributed by atoms with Gasteiger partial charge in [-0.3, -0.25) is 19.2 Å². The zero-order valence-corrected chi connectivity index (χ0v) is 40.3. The molecular weight excluding hydrogens is 835 g/mol. The monoisotopic (exact) mass is 910 g/mol. The van der Waals surface area contributed by atoms with Crippen molar-refractivity contribution in [1.82, 2.24) is 15.3 Å². The van der Waals surface area contributed by atoms with Crippen LogP contribution >= 0.6 is 0 Å². The summed E-state index contributed by atoms with van der Waals surface area (Å²) in [5, 5.41) is 14.2. The number of hydroxylamine groups is 2. The predicted octanol–water partition coefficient (Wildman–Crippen LogP) is 8.08. The molecule has 2 N–H and O–H groups in total. The maximum absolute atomic E-state index is 15.9. The van der Waals surface area contributed by atoms with Gasteiger partial charge in [0.05, 0.1) is 24.9 Å². The fraction of sp³-hybridized carbons (Fsp3) is 0.685. The lowest BCUT2D eigenvalue weighted by Gasteiger charge is -2.53. The molecule has 66 heavy (non-hydrogen) atoms. The van der Waals surface area contributed by atoms with Crippen LogP contribution in [0.2, 0.25) is 0 Å². The Balaban J connectivity index is 1.08. The van der Waals surface area contributed by atoms with Gasteiger partial charge in [0.15, 0.2) is 11.8 Å². The lowest BCUT2D eigenvalue weighted by molar-refractivity contribution is -0.225. The number of carbonyl (C=O) groups is 3. The number of epoxide rings is 1. The third-order valence-corrected chi connectivity index (χ3v) is 16.9. The molecule has 4 aliphatic heterocycles. The van der Waals surface area contributed by atoms with Crippen LogP contribution in [0.15, 0.2) is 60.2 Å². The first kappa shape index (κ1) is 47.4. The number of likely N-dealkylation sites (N-methyl/N-ethyl adjacent to an activating group) is 1. The summed E-state index contributed by atoms with van der Waals surface area (Å²) in [6.07, 6.45) is 12.9. The molecule has 2 bridgehead atoms. The molecule has 0 aromatic heterocycles. The number of nitrogens with one attached hydrogen (secondary N) is 1. The van der Waals surface area contributed by atoms with Gasteiger partial charge in [-0.1, -0.05) is 120 Å². The number of rotatable bonds is 18. The molecule has 0 spiro atoms. The van der Waals surface area contributed by atoms with Crippen LogP contribution in [0.4, 0.5) is 0 Å². The zero-order valence-electron chi connectivity index (χ0n) is 40.3. The summed E-state index contributed by atoms with van der Waals surface area (Å²) >= 11 is 0. The molecular formula is C54H75N3O9. The highest BCUT2D eigenvalue weighted by molar-refractivity contribution is 5.96. The summed E-state index contributed by atoms with van der Waals surface area (Å²) in [5.74, 6) is -1.10. The van der Waals surface area contributed by atoms with E-state index in [0.29, 0.717) is 30.8 Å². The SMILES string of the molecule is CCCCCC1(CCCCC)OC2C3CC4(C(=O)N(C)C(Cc5ccccc5)C(=O)NCCO)C(ON(Cc5ccccc5C=C5CCC6OC6(C)CCC6C5CC6(C)C)C4C(=O)O3)C2O1. The topological polar surface area (TPSA) is 139 Å².